The van der Waals surface area contributed by atoms with Crippen LogP contribution in [0, 0.1) is 0 Å². The van der Waals surface area contributed by atoms with Crippen LogP contribution >= 0.6 is 0 Å². The Balaban J connectivity index is 1.31. The van der Waals surface area contributed by atoms with Crippen molar-refractivity contribution in [1.29, 1.82) is 0 Å². The van der Waals surface area contributed by atoms with E-state index in [0.717, 1.165) is 30.3 Å². The third-order valence-electron chi connectivity index (χ3n) is 14.9. The molecule has 0 radical (unpaired) electrons. The zero-order chi connectivity index (χ0) is 63.3. The van der Waals surface area contributed by atoms with E-state index in [9.17, 15) is 105 Å². The minimum absolute atomic E-state index is 0.00851. The fourth-order valence-corrected chi connectivity index (χ4v) is 11.4. The van der Waals surface area contributed by atoms with Gasteiger partial charge >= 0.3 is 49.4 Å². The fraction of sp³-hybridized carbons (Fsp3) is 0.148. The van der Waals surface area contributed by atoms with Gasteiger partial charge in [-0.25, -0.2) is 0 Å². The van der Waals surface area contributed by atoms with E-state index in [-0.39, 0.29) is 122 Å². The molecule has 450 valence electrons. The van der Waals surface area contributed by atoms with Gasteiger partial charge in [0, 0.05) is 33.8 Å². The van der Waals surface area contributed by atoms with E-state index < -0.39 is 133 Å². The second-order valence-corrected chi connectivity index (χ2v) is 20.2. The molecule has 0 heterocycles. The zero-order valence-corrected chi connectivity index (χ0v) is 42.6. The number of hydrogen-bond acceptors (Lipinski definition) is 2. The summed E-state index contributed by atoms with van der Waals surface area (Å²) in [5, 5.41) is -0.459. The highest BCUT2D eigenvalue weighted by Gasteiger charge is 2.54. The minimum atomic E-state index is -5.69. The molecule has 87 heavy (non-hydrogen) atoms. The molecule has 9 aromatic carbocycles. The predicted octanol–water partition coefficient (Wildman–Crippen LogP) is 22.3. The molecule has 0 unspecified atom stereocenters. The highest BCUT2D eigenvalue weighted by molar-refractivity contribution is 6.12. The lowest BCUT2D eigenvalue weighted by molar-refractivity contribution is -0.144. The third kappa shape index (κ3) is 10.4. The molecule has 0 bridgehead atoms. The number of benzene rings is 9. The SMILES string of the molecule is FC(F)(F)c1cc(N(c2cc(C(F)(F)F)cc(C(F)(F)F)c2)c2ccc3c(c2)C2(c4ccccc4-c4ccccc42)c2cc(N(c4cc(C(F)(F)F)cc(C(F)(F)F)c4)c4cc(C(F)(F)F)cc(C(F)(F)F)c4)c4ccccc4c2-3)cc(C(F)(F)F)c1. The molecule has 0 saturated heterocycles. The molecule has 0 amide bonds. The summed E-state index contributed by atoms with van der Waals surface area (Å²) in [4.78, 5) is 0.549. The van der Waals surface area contributed by atoms with Crippen molar-refractivity contribution in [3.63, 3.8) is 0 Å². The summed E-state index contributed by atoms with van der Waals surface area (Å²) >= 11 is 0. The maximum absolute atomic E-state index is 14.8. The number of hydrogen-bond donors (Lipinski definition) is 0. The fourth-order valence-electron chi connectivity index (χ4n) is 11.4. The standard InChI is InChI=1S/C61H28F24N2/c62-54(63,64)29-15-30(55(65,66)67)20-38(19-29)86(39-21-31(56(68,69)70)16-32(22-39)57(71,72)73)37-13-14-46-49(27-37)53(47-11-5-3-7-42(47)43-8-4-6-12-48(43)53)50-28-51(44-9-1-2-10-45(44)52(46)50)87(40-23-33(58(74,75)76)17-34(24-40)59(77,78)79)41-25-35(60(80,81)82)18-36(26-41)61(83,84)85/h1-28H. The van der Waals surface area contributed by atoms with Gasteiger partial charge in [0.15, 0.2) is 0 Å². The lowest BCUT2D eigenvalue weighted by atomic mass is 9.70. The van der Waals surface area contributed by atoms with E-state index in [1.165, 1.54) is 66.7 Å². The molecule has 11 rings (SSSR count). The summed E-state index contributed by atoms with van der Waals surface area (Å²) in [6.07, 6.45) is -45.5. The average Bonchev–Trinajstić information content (AvgIpc) is 1.51. The summed E-state index contributed by atoms with van der Waals surface area (Å²) in [7, 11) is 0. The molecule has 2 aliphatic rings. The molecule has 0 aromatic heterocycles. The number of nitrogens with zero attached hydrogens (tertiary/aromatic N) is 2. The molecule has 9 aromatic rings. The van der Waals surface area contributed by atoms with E-state index in [1.54, 1.807) is 0 Å². The van der Waals surface area contributed by atoms with E-state index in [4.69, 9.17) is 0 Å². The maximum Gasteiger partial charge on any atom is 0.416 e. The molecule has 1 spiro atoms. The molecule has 0 saturated carbocycles. The summed E-state index contributed by atoms with van der Waals surface area (Å²) in [6, 6.07) is 19.5. The number of fused-ring (bicyclic) bond motifs is 12. The van der Waals surface area contributed by atoms with Gasteiger partial charge < -0.3 is 9.80 Å². The second-order valence-electron chi connectivity index (χ2n) is 20.2. The van der Waals surface area contributed by atoms with Crippen molar-refractivity contribution in [2.75, 3.05) is 9.80 Å². The summed E-state index contributed by atoms with van der Waals surface area (Å²) in [5.74, 6) is 0. The first-order chi connectivity index (χ1) is 40.2. The van der Waals surface area contributed by atoms with Crippen molar-refractivity contribution in [2.45, 2.75) is 54.8 Å². The normalized spacial score (nSPS) is 14.3. The lowest BCUT2D eigenvalue weighted by Crippen LogP contribution is -2.27. The van der Waals surface area contributed by atoms with Crippen LogP contribution in [0.5, 0.6) is 0 Å². The van der Waals surface area contributed by atoms with Gasteiger partial charge in [0.2, 0.25) is 0 Å². The number of alkyl halides is 24. The Hall–Kier alpha value is -8.84. The van der Waals surface area contributed by atoms with Gasteiger partial charge in [-0.05, 0) is 141 Å². The number of halogens is 24. The van der Waals surface area contributed by atoms with E-state index in [0.29, 0.717) is 16.0 Å². The first kappa shape index (κ1) is 59.9. The zero-order valence-electron chi connectivity index (χ0n) is 42.6. The van der Waals surface area contributed by atoms with E-state index in [1.807, 2.05) is 0 Å². The topological polar surface area (TPSA) is 6.48 Å². The molecule has 26 heteroatoms. The first-order valence-corrected chi connectivity index (χ1v) is 24.9. The molecule has 0 fully saturated rings. The Morgan fingerprint density at radius 2 is 0.529 bits per heavy atom. The van der Waals surface area contributed by atoms with Crippen LogP contribution < -0.4 is 9.80 Å². The summed E-state index contributed by atoms with van der Waals surface area (Å²) in [6.45, 7) is 0. The van der Waals surface area contributed by atoms with Crippen LogP contribution in [-0.4, -0.2) is 0 Å². The van der Waals surface area contributed by atoms with Crippen molar-refractivity contribution < 1.29 is 105 Å². The minimum Gasteiger partial charge on any atom is -0.310 e. The highest BCUT2D eigenvalue weighted by atomic mass is 19.4. The van der Waals surface area contributed by atoms with Crippen LogP contribution in [0.15, 0.2) is 170 Å². The summed E-state index contributed by atoms with van der Waals surface area (Å²) < 4.78 is 354. The third-order valence-corrected chi connectivity index (χ3v) is 14.9. The average molecular weight is 1240 g/mol. The quantitative estimate of drug-likeness (QED) is 0.153. The van der Waals surface area contributed by atoms with Crippen LogP contribution in [0.3, 0.4) is 0 Å². The van der Waals surface area contributed by atoms with Gasteiger partial charge in [0.05, 0.1) is 55.6 Å². The van der Waals surface area contributed by atoms with E-state index in [2.05, 4.69) is 0 Å². The van der Waals surface area contributed by atoms with Crippen molar-refractivity contribution >= 4 is 44.9 Å². The molecule has 0 aliphatic heterocycles. The van der Waals surface area contributed by atoms with Crippen LogP contribution in [0.25, 0.3) is 33.0 Å². The Kier molecular flexibility index (Phi) is 13.5. The lowest BCUT2D eigenvalue weighted by Gasteiger charge is -2.34. The highest BCUT2D eigenvalue weighted by Crippen LogP contribution is 2.66. The summed E-state index contributed by atoms with van der Waals surface area (Å²) in [5.41, 5.74) is -25.1. The monoisotopic (exact) mass is 1240 g/mol. The van der Waals surface area contributed by atoms with Crippen LogP contribution in [0.1, 0.15) is 66.8 Å². The van der Waals surface area contributed by atoms with Gasteiger partial charge in [0.1, 0.15) is 0 Å². The second kappa shape index (κ2) is 19.6. The Morgan fingerprint density at radius 3 is 0.862 bits per heavy atom. The molecular weight excluding hydrogens is 1220 g/mol. The Bertz CT molecular complexity index is 3920. The number of rotatable bonds is 6. The van der Waals surface area contributed by atoms with Crippen molar-refractivity contribution in [3.05, 3.63) is 237 Å². The van der Waals surface area contributed by atoms with Crippen molar-refractivity contribution in [1.82, 2.24) is 0 Å². The predicted molar refractivity (Wildman–Crippen MR) is 270 cm³/mol. The maximum atomic E-state index is 14.8. The molecule has 0 atom stereocenters. The molecular formula is C61H28F24N2. The molecule has 0 N–H and O–H groups in total. The number of anilines is 6. The van der Waals surface area contributed by atoms with Gasteiger partial charge in [-0.3, -0.25) is 0 Å². The van der Waals surface area contributed by atoms with Gasteiger partial charge in [-0.2, -0.15) is 105 Å². The molecule has 2 nitrogen and oxygen atoms in total. The Morgan fingerprint density at radius 1 is 0.230 bits per heavy atom. The van der Waals surface area contributed by atoms with Crippen LogP contribution in [-0.2, 0) is 54.8 Å². The van der Waals surface area contributed by atoms with Gasteiger partial charge in [-0.15, -0.1) is 0 Å². The van der Waals surface area contributed by atoms with Gasteiger partial charge in [-0.1, -0.05) is 78.9 Å². The smallest absolute Gasteiger partial charge is 0.310 e. The Labute approximate surface area is 472 Å². The van der Waals surface area contributed by atoms with Crippen molar-refractivity contribution in [3.8, 4) is 22.3 Å². The van der Waals surface area contributed by atoms with Crippen molar-refractivity contribution in [2.24, 2.45) is 0 Å². The van der Waals surface area contributed by atoms with E-state index >= 15 is 0 Å². The van der Waals surface area contributed by atoms with Gasteiger partial charge in [0.25, 0.3) is 0 Å². The van der Waals surface area contributed by atoms with Crippen LogP contribution in [0.2, 0.25) is 0 Å². The first-order valence-electron chi connectivity index (χ1n) is 24.9. The van der Waals surface area contributed by atoms with Crippen LogP contribution in [0.4, 0.5) is 139 Å². The largest absolute Gasteiger partial charge is 0.416 e. The molecule has 2 aliphatic carbocycles.